The van der Waals surface area contributed by atoms with Crippen LogP contribution in [0, 0.1) is 0 Å². The maximum absolute atomic E-state index is 5.91. The monoisotopic (exact) mass is 498 g/mol. The Hall–Kier alpha value is -3.38. The lowest BCUT2D eigenvalue weighted by molar-refractivity contribution is 0.242. The fraction of sp³-hybridized carbons (Fsp3) is 0.333. The first-order valence-electron chi connectivity index (χ1n) is 12.5. The smallest absolute Gasteiger partial charge is 0.174 e. The molecular formula is C30H34N4OS. The quantitative estimate of drug-likeness (QED) is 0.396. The van der Waals surface area contributed by atoms with Gasteiger partial charge in [-0.15, -0.1) is 0 Å². The van der Waals surface area contributed by atoms with E-state index in [1.165, 1.54) is 22.4 Å². The number of anilines is 2. The molecule has 0 spiro atoms. The summed E-state index contributed by atoms with van der Waals surface area (Å²) in [6, 6.07) is 20.9. The topological polar surface area (TPSA) is 40.6 Å². The van der Waals surface area contributed by atoms with Gasteiger partial charge < -0.3 is 19.9 Å². The molecule has 2 aliphatic rings. The fourth-order valence-corrected chi connectivity index (χ4v) is 5.64. The van der Waals surface area contributed by atoms with Gasteiger partial charge in [0.05, 0.1) is 29.4 Å². The Morgan fingerprint density at radius 3 is 2.47 bits per heavy atom. The third kappa shape index (κ3) is 4.35. The summed E-state index contributed by atoms with van der Waals surface area (Å²) >= 11 is 5.91. The Bertz CT molecular complexity index is 1300. The molecule has 36 heavy (non-hydrogen) atoms. The van der Waals surface area contributed by atoms with Crippen LogP contribution >= 0.6 is 12.2 Å². The average Bonchev–Trinajstić information content (AvgIpc) is 3.20. The summed E-state index contributed by atoms with van der Waals surface area (Å²) in [7, 11) is 2.16. The second kappa shape index (κ2) is 9.25. The van der Waals surface area contributed by atoms with Crippen molar-refractivity contribution in [2.75, 3.05) is 16.8 Å². The van der Waals surface area contributed by atoms with E-state index in [0.29, 0.717) is 5.11 Å². The first-order valence-corrected chi connectivity index (χ1v) is 12.9. The first-order chi connectivity index (χ1) is 17.2. The Labute approximate surface area is 219 Å². The Kier molecular flexibility index (Phi) is 6.25. The molecular weight excluding hydrogens is 464 g/mol. The third-order valence-electron chi connectivity index (χ3n) is 7.17. The van der Waals surface area contributed by atoms with Gasteiger partial charge in [-0.05, 0) is 107 Å². The zero-order valence-electron chi connectivity index (χ0n) is 21.8. The van der Waals surface area contributed by atoms with Crippen LogP contribution in [-0.2, 0) is 0 Å². The second-order valence-electron chi connectivity index (χ2n) is 10.5. The molecule has 0 bridgehead atoms. The number of aromatic nitrogens is 1. The average molecular weight is 499 g/mol. The number of hydrogen-bond donors (Lipinski definition) is 1. The third-order valence-corrected chi connectivity index (χ3v) is 7.48. The van der Waals surface area contributed by atoms with Crippen molar-refractivity contribution < 1.29 is 4.74 Å². The van der Waals surface area contributed by atoms with Gasteiger partial charge in [0.25, 0.3) is 0 Å². The molecule has 3 aromatic rings. The van der Waals surface area contributed by atoms with Crippen molar-refractivity contribution in [3.05, 3.63) is 89.8 Å². The highest BCUT2D eigenvalue weighted by Crippen LogP contribution is 2.45. The molecule has 1 aromatic heterocycles. The van der Waals surface area contributed by atoms with Crippen LogP contribution in [0.2, 0.25) is 0 Å². The van der Waals surface area contributed by atoms with Gasteiger partial charge >= 0.3 is 0 Å². The maximum atomic E-state index is 5.91. The minimum Gasteiger partial charge on any atom is -0.491 e. The van der Waals surface area contributed by atoms with Crippen molar-refractivity contribution >= 4 is 34.3 Å². The molecule has 2 aromatic carbocycles. The lowest BCUT2D eigenvalue weighted by atomic mass is 9.86. The standard InChI is InChI=1S/C30H34N4OS/c1-19(2)35-23-13-11-22(12-14-23)34-28(27(32-29(34)36)25-9-7-8-16-31-25)21-10-15-26-24(17-21)20(3)18-30(4,5)33(26)6/h7-19,27-28H,1-6H3,(H,32,36)/t27-,28+/m0/s1. The summed E-state index contributed by atoms with van der Waals surface area (Å²) in [4.78, 5) is 9.25. The van der Waals surface area contributed by atoms with E-state index in [-0.39, 0.29) is 23.7 Å². The number of pyridine rings is 1. The summed E-state index contributed by atoms with van der Waals surface area (Å²) in [5.41, 5.74) is 6.95. The van der Waals surface area contributed by atoms with Gasteiger partial charge in [-0.1, -0.05) is 18.2 Å². The van der Waals surface area contributed by atoms with E-state index in [0.717, 1.165) is 17.1 Å². The predicted octanol–water partition coefficient (Wildman–Crippen LogP) is 6.68. The molecule has 3 heterocycles. The molecule has 0 aliphatic carbocycles. The van der Waals surface area contributed by atoms with Gasteiger partial charge in [0.2, 0.25) is 0 Å². The van der Waals surface area contributed by atoms with Crippen molar-refractivity contribution in [1.29, 1.82) is 0 Å². The second-order valence-corrected chi connectivity index (χ2v) is 10.9. The Morgan fingerprint density at radius 2 is 1.81 bits per heavy atom. The lowest BCUT2D eigenvalue weighted by Crippen LogP contribution is -2.42. The Balaban J connectivity index is 1.60. The van der Waals surface area contributed by atoms with Crippen LogP contribution in [-0.4, -0.2) is 28.8 Å². The number of hydrogen-bond acceptors (Lipinski definition) is 4. The van der Waals surface area contributed by atoms with Crippen molar-refractivity contribution in [3.63, 3.8) is 0 Å². The van der Waals surface area contributed by atoms with Crippen molar-refractivity contribution in [2.24, 2.45) is 0 Å². The highest BCUT2D eigenvalue weighted by Gasteiger charge is 2.41. The normalized spacial score (nSPS) is 20.8. The summed E-state index contributed by atoms with van der Waals surface area (Å²) in [6.45, 7) is 10.8. The fourth-order valence-electron chi connectivity index (χ4n) is 5.29. The summed E-state index contributed by atoms with van der Waals surface area (Å²) in [5.74, 6) is 0.852. The number of allylic oxidation sites excluding steroid dienone is 1. The molecule has 2 aliphatic heterocycles. The SMILES string of the molecule is CC1=CC(C)(C)N(C)c2ccc([C@@H]3[C@H](c4ccccn4)NC(=S)N3c3ccc(OC(C)C)cc3)cc21. The van der Waals surface area contributed by atoms with Crippen LogP contribution in [0.4, 0.5) is 11.4 Å². The van der Waals surface area contributed by atoms with E-state index < -0.39 is 0 Å². The molecule has 1 N–H and O–H groups in total. The molecule has 186 valence electrons. The zero-order valence-corrected chi connectivity index (χ0v) is 22.6. The number of nitrogens with one attached hydrogen (secondary N) is 1. The molecule has 5 nitrogen and oxygen atoms in total. The largest absolute Gasteiger partial charge is 0.491 e. The molecule has 1 fully saturated rings. The van der Waals surface area contributed by atoms with E-state index in [2.05, 4.69) is 85.4 Å². The molecule has 1 saturated heterocycles. The van der Waals surface area contributed by atoms with Crippen molar-refractivity contribution in [1.82, 2.24) is 10.3 Å². The minimum atomic E-state index is -0.0783. The molecule has 0 amide bonds. The van der Waals surface area contributed by atoms with Gasteiger partial charge in [0, 0.05) is 30.2 Å². The van der Waals surface area contributed by atoms with Crippen LogP contribution in [0.25, 0.3) is 5.57 Å². The van der Waals surface area contributed by atoms with Gasteiger partial charge in [0.15, 0.2) is 5.11 Å². The number of rotatable bonds is 5. The Morgan fingerprint density at radius 1 is 1.06 bits per heavy atom. The number of benzene rings is 2. The molecule has 0 saturated carbocycles. The first kappa shape index (κ1) is 24.3. The van der Waals surface area contributed by atoms with Crippen LogP contribution in [0.1, 0.15) is 63.5 Å². The number of thiocarbonyl (C=S) groups is 1. The highest BCUT2D eigenvalue weighted by atomic mass is 32.1. The molecule has 2 atom stereocenters. The zero-order chi connectivity index (χ0) is 25.6. The highest BCUT2D eigenvalue weighted by molar-refractivity contribution is 7.80. The van der Waals surface area contributed by atoms with E-state index in [1.807, 2.05) is 44.3 Å². The molecule has 5 rings (SSSR count). The van der Waals surface area contributed by atoms with Crippen LogP contribution in [0.3, 0.4) is 0 Å². The van der Waals surface area contributed by atoms with E-state index >= 15 is 0 Å². The van der Waals surface area contributed by atoms with Gasteiger partial charge in [-0.3, -0.25) is 4.98 Å². The predicted molar refractivity (Wildman–Crippen MR) is 153 cm³/mol. The van der Waals surface area contributed by atoms with Crippen molar-refractivity contribution in [2.45, 2.75) is 58.3 Å². The lowest BCUT2D eigenvalue weighted by Gasteiger charge is -2.41. The van der Waals surface area contributed by atoms with E-state index in [4.69, 9.17) is 21.9 Å². The minimum absolute atomic E-state index is 0.0303. The molecule has 0 unspecified atom stereocenters. The summed E-state index contributed by atoms with van der Waals surface area (Å²) < 4.78 is 5.87. The number of ether oxygens (including phenoxy) is 1. The van der Waals surface area contributed by atoms with Crippen LogP contribution < -0.4 is 19.9 Å². The van der Waals surface area contributed by atoms with Gasteiger partial charge in [-0.25, -0.2) is 0 Å². The van der Waals surface area contributed by atoms with Gasteiger partial charge in [-0.2, -0.15) is 0 Å². The summed E-state index contributed by atoms with van der Waals surface area (Å²) in [5, 5.41) is 4.26. The maximum Gasteiger partial charge on any atom is 0.174 e. The molecule has 6 heteroatoms. The van der Waals surface area contributed by atoms with E-state index in [9.17, 15) is 0 Å². The molecule has 0 radical (unpaired) electrons. The number of likely N-dealkylation sites (N-methyl/N-ethyl adjacent to an activating group) is 1. The van der Waals surface area contributed by atoms with E-state index in [1.54, 1.807) is 0 Å². The van der Waals surface area contributed by atoms with Crippen molar-refractivity contribution in [3.8, 4) is 5.75 Å². The number of nitrogens with zero attached hydrogens (tertiary/aromatic N) is 3. The van der Waals surface area contributed by atoms with Gasteiger partial charge in [0.1, 0.15) is 5.75 Å². The van der Waals surface area contributed by atoms with Crippen LogP contribution in [0.15, 0.2) is 72.9 Å². The number of fused-ring (bicyclic) bond motifs is 1. The van der Waals surface area contributed by atoms with Crippen LogP contribution in [0.5, 0.6) is 5.75 Å². The summed E-state index contributed by atoms with van der Waals surface area (Å²) in [6.07, 6.45) is 4.31.